The number of hydrogen-bond acceptors (Lipinski definition) is 5. The van der Waals surface area contributed by atoms with Gasteiger partial charge in [-0.15, -0.1) is 17.8 Å². The Morgan fingerprint density at radius 3 is 2.88 bits per heavy atom. The van der Waals surface area contributed by atoms with Gasteiger partial charge in [0.1, 0.15) is 0 Å². The number of anilines is 1. The summed E-state index contributed by atoms with van der Waals surface area (Å²) in [7, 11) is 0. The summed E-state index contributed by atoms with van der Waals surface area (Å²) >= 11 is 1.72. The van der Waals surface area contributed by atoms with Gasteiger partial charge in [-0.2, -0.15) is 0 Å². The van der Waals surface area contributed by atoms with Gasteiger partial charge in [0.25, 0.3) is 0 Å². The molecule has 0 spiro atoms. The normalized spacial score (nSPS) is 17.0. The first-order valence-corrected chi connectivity index (χ1v) is 6.79. The highest BCUT2D eigenvalue weighted by Crippen LogP contribution is 2.18. The van der Waals surface area contributed by atoms with Crippen LogP contribution in [0.4, 0.5) is 5.13 Å². The average molecular weight is 250 g/mol. The third-order valence-electron chi connectivity index (χ3n) is 2.89. The van der Waals surface area contributed by atoms with Crippen LogP contribution in [0.2, 0.25) is 0 Å². The van der Waals surface area contributed by atoms with E-state index in [1.807, 2.05) is 11.6 Å². The number of nitrogens with zero attached hydrogens (tertiary/aromatic N) is 3. The van der Waals surface area contributed by atoms with Gasteiger partial charge in [-0.05, 0) is 0 Å². The van der Waals surface area contributed by atoms with Gasteiger partial charge < -0.3 is 10.2 Å². The van der Waals surface area contributed by atoms with E-state index in [1.54, 1.807) is 11.3 Å². The highest BCUT2D eigenvalue weighted by atomic mass is 32.1. The van der Waals surface area contributed by atoms with Gasteiger partial charge in [0.2, 0.25) is 0 Å². The summed E-state index contributed by atoms with van der Waals surface area (Å²) in [5, 5.41) is 6.40. The first kappa shape index (κ1) is 12.4. The predicted molar refractivity (Wildman–Crippen MR) is 72.5 cm³/mol. The minimum Gasteiger partial charge on any atom is -0.346 e. The van der Waals surface area contributed by atoms with Crippen molar-refractivity contribution in [3.05, 3.63) is 11.6 Å². The van der Waals surface area contributed by atoms with Gasteiger partial charge in [-0.25, -0.2) is 4.98 Å². The first-order valence-electron chi connectivity index (χ1n) is 5.91. The summed E-state index contributed by atoms with van der Waals surface area (Å²) < 4.78 is 0. The van der Waals surface area contributed by atoms with Crippen molar-refractivity contribution in [3.63, 3.8) is 0 Å². The maximum atomic E-state index is 5.18. The lowest BCUT2D eigenvalue weighted by atomic mass is 10.3. The molecule has 1 saturated heterocycles. The molecule has 1 aromatic heterocycles. The van der Waals surface area contributed by atoms with Gasteiger partial charge in [0.05, 0.1) is 6.54 Å². The Hall–Kier alpha value is -1.09. The topological polar surface area (TPSA) is 31.4 Å². The van der Waals surface area contributed by atoms with Crippen LogP contribution in [-0.2, 0) is 0 Å². The molecule has 1 N–H and O–H groups in total. The van der Waals surface area contributed by atoms with E-state index in [0.29, 0.717) is 6.54 Å². The van der Waals surface area contributed by atoms with E-state index in [-0.39, 0.29) is 0 Å². The lowest BCUT2D eigenvalue weighted by molar-refractivity contribution is 0.259. The summed E-state index contributed by atoms with van der Waals surface area (Å²) in [6, 6.07) is 0. The molecule has 92 valence electrons. The molecule has 2 rings (SSSR count). The van der Waals surface area contributed by atoms with Crippen LogP contribution < -0.4 is 10.2 Å². The van der Waals surface area contributed by atoms with Crippen molar-refractivity contribution >= 4 is 16.5 Å². The van der Waals surface area contributed by atoms with Crippen molar-refractivity contribution in [1.82, 2.24) is 15.2 Å². The second-order valence-electron chi connectivity index (χ2n) is 4.02. The molecule has 0 aromatic carbocycles. The maximum Gasteiger partial charge on any atom is 0.185 e. The van der Waals surface area contributed by atoms with Crippen molar-refractivity contribution in [2.24, 2.45) is 0 Å². The quantitative estimate of drug-likeness (QED) is 0.609. The second kappa shape index (κ2) is 6.60. The Kier molecular flexibility index (Phi) is 4.80. The summed E-state index contributed by atoms with van der Waals surface area (Å²) in [4.78, 5) is 9.17. The van der Waals surface area contributed by atoms with Gasteiger partial charge in [0.15, 0.2) is 5.13 Å². The van der Waals surface area contributed by atoms with E-state index >= 15 is 0 Å². The molecular weight excluding hydrogens is 232 g/mol. The van der Waals surface area contributed by atoms with Crippen LogP contribution in [0.3, 0.4) is 0 Å². The fourth-order valence-corrected chi connectivity index (χ4v) is 2.63. The molecular formula is C12H18N4S. The van der Waals surface area contributed by atoms with Gasteiger partial charge >= 0.3 is 0 Å². The lowest BCUT2D eigenvalue weighted by Crippen LogP contribution is -2.48. The van der Waals surface area contributed by atoms with E-state index in [0.717, 1.165) is 44.4 Å². The molecule has 17 heavy (non-hydrogen) atoms. The van der Waals surface area contributed by atoms with Gasteiger partial charge in [-0.1, -0.05) is 5.92 Å². The minimum absolute atomic E-state index is 0.666. The van der Waals surface area contributed by atoms with Crippen molar-refractivity contribution in [2.75, 3.05) is 50.7 Å². The van der Waals surface area contributed by atoms with Crippen LogP contribution >= 0.6 is 11.3 Å². The SMILES string of the molecule is C#CCNCCN1CCN(c2nccs2)CC1. The Morgan fingerprint density at radius 1 is 1.41 bits per heavy atom. The molecule has 0 aliphatic carbocycles. The van der Waals surface area contributed by atoms with Crippen LogP contribution in [0.5, 0.6) is 0 Å². The number of piperazine rings is 1. The fourth-order valence-electron chi connectivity index (χ4n) is 1.93. The number of rotatable bonds is 5. The van der Waals surface area contributed by atoms with Crippen LogP contribution in [-0.4, -0.2) is 55.7 Å². The molecule has 0 atom stereocenters. The molecule has 1 aliphatic heterocycles. The van der Waals surface area contributed by atoms with E-state index in [4.69, 9.17) is 6.42 Å². The molecule has 1 aliphatic rings. The summed E-state index contributed by atoms with van der Waals surface area (Å²) in [6.45, 7) is 7.08. The van der Waals surface area contributed by atoms with E-state index in [9.17, 15) is 0 Å². The average Bonchev–Trinajstić information content (AvgIpc) is 2.89. The monoisotopic (exact) mass is 250 g/mol. The zero-order valence-corrected chi connectivity index (χ0v) is 10.7. The van der Waals surface area contributed by atoms with Crippen LogP contribution in [0.25, 0.3) is 0 Å². The Bertz CT molecular complexity index is 349. The van der Waals surface area contributed by atoms with E-state index in [2.05, 4.69) is 26.0 Å². The van der Waals surface area contributed by atoms with Gasteiger partial charge in [-0.3, -0.25) is 4.90 Å². The van der Waals surface area contributed by atoms with Crippen LogP contribution in [0, 0.1) is 12.3 Å². The Labute approximate surface area is 107 Å². The van der Waals surface area contributed by atoms with Crippen molar-refractivity contribution in [2.45, 2.75) is 0 Å². The van der Waals surface area contributed by atoms with Crippen molar-refractivity contribution in [3.8, 4) is 12.3 Å². The highest BCUT2D eigenvalue weighted by molar-refractivity contribution is 7.13. The second-order valence-corrected chi connectivity index (χ2v) is 4.90. The maximum absolute atomic E-state index is 5.18. The highest BCUT2D eigenvalue weighted by Gasteiger charge is 2.17. The predicted octanol–water partition coefficient (Wildman–Crippen LogP) is 0.488. The molecule has 2 heterocycles. The molecule has 0 bridgehead atoms. The fraction of sp³-hybridized carbons (Fsp3) is 0.583. The summed E-state index contributed by atoms with van der Waals surface area (Å²) in [6.07, 6.45) is 7.05. The van der Waals surface area contributed by atoms with Crippen molar-refractivity contribution in [1.29, 1.82) is 0 Å². The molecule has 5 heteroatoms. The van der Waals surface area contributed by atoms with E-state index in [1.165, 1.54) is 0 Å². The number of hydrogen-bond donors (Lipinski definition) is 1. The zero-order chi connectivity index (χ0) is 11.9. The summed E-state index contributed by atoms with van der Waals surface area (Å²) in [5.74, 6) is 2.59. The summed E-state index contributed by atoms with van der Waals surface area (Å²) in [5.41, 5.74) is 0. The minimum atomic E-state index is 0.666. The largest absolute Gasteiger partial charge is 0.346 e. The van der Waals surface area contributed by atoms with E-state index < -0.39 is 0 Å². The standard InChI is InChI=1S/C12H18N4S/c1-2-3-13-4-6-15-7-9-16(10-8-15)12-14-5-11-17-12/h1,5,11,13H,3-4,6-10H2. The van der Waals surface area contributed by atoms with Gasteiger partial charge in [0, 0.05) is 50.8 Å². The molecule has 0 amide bonds. The lowest BCUT2D eigenvalue weighted by Gasteiger charge is -2.34. The Morgan fingerprint density at radius 2 is 2.24 bits per heavy atom. The molecule has 1 aromatic rings. The van der Waals surface area contributed by atoms with Crippen molar-refractivity contribution < 1.29 is 0 Å². The Balaban J connectivity index is 1.66. The molecule has 0 radical (unpaired) electrons. The molecule has 0 saturated carbocycles. The number of thiazole rings is 1. The van der Waals surface area contributed by atoms with Crippen LogP contribution in [0.15, 0.2) is 11.6 Å². The van der Waals surface area contributed by atoms with Crippen LogP contribution in [0.1, 0.15) is 0 Å². The smallest absolute Gasteiger partial charge is 0.185 e. The first-order chi connectivity index (χ1) is 8.40. The number of aromatic nitrogens is 1. The number of terminal acetylenes is 1. The third kappa shape index (κ3) is 3.70. The molecule has 4 nitrogen and oxygen atoms in total. The molecule has 0 unspecified atom stereocenters. The number of nitrogens with one attached hydrogen (secondary N) is 1. The third-order valence-corrected chi connectivity index (χ3v) is 3.73. The molecule has 1 fully saturated rings. The zero-order valence-electron chi connectivity index (χ0n) is 9.93.